The average molecular weight is 341 g/mol. The van der Waals surface area contributed by atoms with E-state index in [1.54, 1.807) is 23.6 Å². The maximum absolute atomic E-state index is 13.5. The van der Waals surface area contributed by atoms with Gasteiger partial charge in [-0.3, -0.25) is 4.79 Å². The second-order valence-electron chi connectivity index (χ2n) is 6.07. The van der Waals surface area contributed by atoms with Crippen LogP contribution >= 0.6 is 11.3 Å². The van der Waals surface area contributed by atoms with Gasteiger partial charge in [0.25, 0.3) is 5.56 Å². The highest BCUT2D eigenvalue weighted by atomic mass is 32.1. The fourth-order valence-electron chi connectivity index (χ4n) is 3.12. The Morgan fingerprint density at radius 3 is 2.83 bits per heavy atom. The van der Waals surface area contributed by atoms with Gasteiger partial charge in [-0.15, -0.1) is 11.3 Å². The Morgan fingerprint density at radius 1 is 1.25 bits per heavy atom. The van der Waals surface area contributed by atoms with E-state index in [0.29, 0.717) is 5.52 Å². The number of benzene rings is 1. The summed E-state index contributed by atoms with van der Waals surface area (Å²) in [6.07, 6.45) is 1.74. The van der Waals surface area contributed by atoms with Gasteiger partial charge in [0.2, 0.25) is 0 Å². The van der Waals surface area contributed by atoms with Crippen molar-refractivity contribution < 1.29 is 4.39 Å². The summed E-state index contributed by atoms with van der Waals surface area (Å²) in [5.41, 5.74) is 3.23. The van der Waals surface area contributed by atoms with Crippen molar-refractivity contribution in [3.8, 4) is 0 Å². The van der Waals surface area contributed by atoms with E-state index in [1.165, 1.54) is 21.7 Å². The van der Waals surface area contributed by atoms with Crippen LogP contribution in [0.4, 0.5) is 4.39 Å². The molecule has 0 aliphatic rings. The number of fused-ring (bicyclic) bond motifs is 3. The van der Waals surface area contributed by atoms with Gasteiger partial charge in [-0.25, -0.2) is 9.07 Å². The zero-order valence-corrected chi connectivity index (χ0v) is 14.4. The first-order chi connectivity index (χ1) is 11.5. The summed E-state index contributed by atoms with van der Waals surface area (Å²) in [6.45, 7) is 4.22. The molecule has 4 rings (SSSR count). The molecular weight excluding hydrogens is 325 g/mol. The summed E-state index contributed by atoms with van der Waals surface area (Å²) in [4.78, 5) is 14.1. The van der Waals surface area contributed by atoms with Crippen LogP contribution in [0.2, 0.25) is 0 Å². The van der Waals surface area contributed by atoms with Crippen LogP contribution in [0.3, 0.4) is 0 Å². The molecule has 6 heteroatoms. The summed E-state index contributed by atoms with van der Waals surface area (Å²) in [6, 6.07) is 6.68. The molecule has 0 saturated heterocycles. The molecule has 1 aromatic carbocycles. The molecule has 0 radical (unpaired) electrons. The summed E-state index contributed by atoms with van der Waals surface area (Å²) in [5, 5.41) is 5.20. The normalized spacial score (nSPS) is 11.7. The lowest BCUT2D eigenvalue weighted by atomic mass is 10.1. The molecule has 4 aromatic rings. The Balaban J connectivity index is 1.91. The molecule has 0 aliphatic carbocycles. The topological polar surface area (TPSA) is 39.8 Å². The van der Waals surface area contributed by atoms with Gasteiger partial charge < -0.3 is 4.57 Å². The molecule has 0 spiro atoms. The van der Waals surface area contributed by atoms with Crippen molar-refractivity contribution in [3.05, 3.63) is 62.6 Å². The second kappa shape index (κ2) is 5.27. The molecule has 0 N–H and O–H groups in total. The quantitative estimate of drug-likeness (QED) is 0.557. The number of nitrogens with zero attached hydrogens (tertiary/aromatic N) is 3. The molecule has 122 valence electrons. The molecule has 3 aromatic heterocycles. The summed E-state index contributed by atoms with van der Waals surface area (Å²) >= 11 is 1.67. The van der Waals surface area contributed by atoms with Gasteiger partial charge in [0.1, 0.15) is 11.3 Å². The number of rotatable bonds is 2. The van der Waals surface area contributed by atoms with Gasteiger partial charge in [0.15, 0.2) is 0 Å². The monoisotopic (exact) mass is 341 g/mol. The molecule has 0 unspecified atom stereocenters. The van der Waals surface area contributed by atoms with E-state index in [-0.39, 0.29) is 17.9 Å². The van der Waals surface area contributed by atoms with Gasteiger partial charge in [-0.05, 0) is 43.2 Å². The SMILES string of the molecule is Cc1cc2c(s1)c1cnn(Cc3cc(F)ccc3C)c(=O)c1n2C. The van der Waals surface area contributed by atoms with E-state index < -0.39 is 0 Å². The van der Waals surface area contributed by atoms with Gasteiger partial charge in [0, 0.05) is 17.3 Å². The van der Waals surface area contributed by atoms with E-state index in [1.807, 2.05) is 18.5 Å². The van der Waals surface area contributed by atoms with Crippen molar-refractivity contribution in [1.82, 2.24) is 14.3 Å². The third-order valence-corrected chi connectivity index (χ3v) is 5.50. The minimum atomic E-state index is -0.306. The van der Waals surface area contributed by atoms with Crippen LogP contribution in [0.15, 0.2) is 35.3 Å². The fraction of sp³-hybridized carbons (Fsp3) is 0.222. The van der Waals surface area contributed by atoms with Crippen molar-refractivity contribution in [1.29, 1.82) is 0 Å². The van der Waals surface area contributed by atoms with Gasteiger partial charge >= 0.3 is 0 Å². The van der Waals surface area contributed by atoms with Gasteiger partial charge in [-0.1, -0.05) is 6.07 Å². The first kappa shape index (κ1) is 15.1. The maximum Gasteiger partial charge on any atom is 0.291 e. The highest BCUT2D eigenvalue weighted by molar-refractivity contribution is 7.20. The largest absolute Gasteiger partial charge is 0.338 e. The molecule has 0 fully saturated rings. The van der Waals surface area contributed by atoms with E-state index in [9.17, 15) is 9.18 Å². The van der Waals surface area contributed by atoms with Crippen LogP contribution in [0.25, 0.3) is 21.1 Å². The highest BCUT2D eigenvalue weighted by Crippen LogP contribution is 2.32. The fourth-order valence-corrected chi connectivity index (χ4v) is 4.17. The lowest BCUT2D eigenvalue weighted by molar-refractivity contribution is 0.610. The molecule has 0 atom stereocenters. The Kier molecular flexibility index (Phi) is 3.31. The smallest absolute Gasteiger partial charge is 0.291 e. The number of halogens is 1. The Labute approximate surface area is 141 Å². The molecule has 0 saturated carbocycles. The number of aromatic nitrogens is 3. The van der Waals surface area contributed by atoms with Crippen molar-refractivity contribution in [2.75, 3.05) is 0 Å². The predicted molar refractivity (Wildman–Crippen MR) is 95.3 cm³/mol. The average Bonchev–Trinajstić information content (AvgIpc) is 3.04. The Bertz CT molecular complexity index is 1150. The number of aryl methyl sites for hydroxylation is 3. The van der Waals surface area contributed by atoms with Crippen LogP contribution in [0.5, 0.6) is 0 Å². The minimum absolute atomic E-state index is 0.153. The summed E-state index contributed by atoms with van der Waals surface area (Å²) in [7, 11) is 1.90. The summed E-state index contributed by atoms with van der Waals surface area (Å²) in [5.74, 6) is -0.306. The van der Waals surface area contributed by atoms with Crippen LogP contribution in [0, 0.1) is 19.7 Å². The van der Waals surface area contributed by atoms with Crippen molar-refractivity contribution in [2.24, 2.45) is 7.05 Å². The van der Waals surface area contributed by atoms with Crippen LogP contribution < -0.4 is 5.56 Å². The zero-order chi connectivity index (χ0) is 17.0. The van der Waals surface area contributed by atoms with Gasteiger partial charge in [-0.2, -0.15) is 5.10 Å². The molecule has 3 heterocycles. The molecule has 0 aliphatic heterocycles. The number of hydrogen-bond donors (Lipinski definition) is 0. The van der Waals surface area contributed by atoms with E-state index in [4.69, 9.17) is 0 Å². The van der Waals surface area contributed by atoms with Gasteiger partial charge in [0.05, 0.1) is 23.0 Å². The third-order valence-electron chi connectivity index (χ3n) is 4.43. The number of thiophene rings is 1. The third kappa shape index (κ3) is 2.17. The van der Waals surface area contributed by atoms with Crippen LogP contribution in [0.1, 0.15) is 16.0 Å². The van der Waals surface area contributed by atoms with E-state index in [2.05, 4.69) is 18.1 Å². The second-order valence-corrected chi connectivity index (χ2v) is 7.33. The Morgan fingerprint density at radius 2 is 2.04 bits per heavy atom. The van der Waals surface area contributed by atoms with Crippen LogP contribution in [-0.2, 0) is 13.6 Å². The van der Waals surface area contributed by atoms with Crippen molar-refractivity contribution >= 4 is 32.5 Å². The zero-order valence-electron chi connectivity index (χ0n) is 13.6. The maximum atomic E-state index is 13.5. The lowest BCUT2D eigenvalue weighted by Crippen LogP contribution is -2.24. The van der Waals surface area contributed by atoms with Crippen molar-refractivity contribution in [3.63, 3.8) is 0 Å². The van der Waals surface area contributed by atoms with E-state index in [0.717, 1.165) is 26.7 Å². The Hall–Kier alpha value is -2.47. The molecule has 4 nitrogen and oxygen atoms in total. The predicted octanol–water partition coefficient (Wildman–Crippen LogP) is 3.75. The summed E-state index contributed by atoms with van der Waals surface area (Å²) < 4.78 is 17.9. The van der Waals surface area contributed by atoms with E-state index >= 15 is 0 Å². The van der Waals surface area contributed by atoms with Crippen molar-refractivity contribution in [2.45, 2.75) is 20.4 Å². The first-order valence-corrected chi connectivity index (χ1v) is 8.47. The first-order valence-electron chi connectivity index (χ1n) is 7.65. The lowest BCUT2D eigenvalue weighted by Gasteiger charge is -2.08. The molecule has 0 amide bonds. The standard InChI is InChI=1S/C18H16FN3OS/c1-10-4-5-13(19)7-12(10)9-22-18(23)16-14(8-20-22)17-15(21(16)3)6-11(2)24-17/h4-8H,9H2,1-3H3. The molecular formula is C18H16FN3OS. The minimum Gasteiger partial charge on any atom is -0.338 e. The molecule has 0 bridgehead atoms. The van der Waals surface area contributed by atoms with Crippen LogP contribution in [-0.4, -0.2) is 14.3 Å². The highest BCUT2D eigenvalue weighted by Gasteiger charge is 2.16. The molecule has 24 heavy (non-hydrogen) atoms. The number of hydrogen-bond acceptors (Lipinski definition) is 3.